The first-order valence-corrected chi connectivity index (χ1v) is 6.45. The van der Waals surface area contributed by atoms with Gasteiger partial charge in [-0.3, -0.25) is 0 Å². The maximum Gasteiger partial charge on any atom is 0.410 e. The predicted octanol–water partition coefficient (Wildman–Crippen LogP) is 2.79. The Labute approximate surface area is 119 Å². The molecule has 110 valence electrons. The highest BCUT2D eigenvalue weighted by molar-refractivity contribution is 5.87. The molecule has 20 heavy (non-hydrogen) atoms. The quantitative estimate of drug-likeness (QED) is 0.920. The lowest BCUT2D eigenvalue weighted by Crippen LogP contribution is -2.35. The summed E-state index contributed by atoms with van der Waals surface area (Å²) in [4.78, 5) is 24.0. The standard InChI is InChI=1S/C15H21NO4/c1-15(2,3)20-14(19)16(4)10-9-11-5-7-12(8-6-11)13(17)18/h5-8H,9-10H2,1-4H3,(H,17,18). The number of carbonyl (C=O) groups excluding carboxylic acids is 1. The molecular weight excluding hydrogens is 258 g/mol. The highest BCUT2D eigenvalue weighted by Gasteiger charge is 2.19. The van der Waals surface area contributed by atoms with Crippen LogP contribution in [0.4, 0.5) is 4.79 Å². The van der Waals surface area contributed by atoms with Gasteiger partial charge in [-0.25, -0.2) is 9.59 Å². The van der Waals surface area contributed by atoms with E-state index in [2.05, 4.69) is 0 Å². The summed E-state index contributed by atoms with van der Waals surface area (Å²) in [7, 11) is 1.68. The summed E-state index contributed by atoms with van der Waals surface area (Å²) < 4.78 is 5.25. The maximum atomic E-state index is 11.7. The molecule has 0 spiro atoms. The van der Waals surface area contributed by atoms with Crippen LogP contribution in [-0.4, -0.2) is 41.3 Å². The number of hydrogen-bond acceptors (Lipinski definition) is 3. The van der Waals surface area contributed by atoms with Gasteiger partial charge in [-0.2, -0.15) is 0 Å². The molecular formula is C15H21NO4. The summed E-state index contributed by atoms with van der Waals surface area (Å²) in [5.41, 5.74) is 0.730. The molecule has 5 nitrogen and oxygen atoms in total. The maximum absolute atomic E-state index is 11.7. The first kappa shape index (κ1) is 16.0. The number of hydrogen-bond donors (Lipinski definition) is 1. The van der Waals surface area contributed by atoms with Gasteiger partial charge in [0.05, 0.1) is 5.56 Å². The number of rotatable bonds is 4. The third kappa shape index (κ3) is 5.30. The normalized spacial score (nSPS) is 11.0. The smallest absolute Gasteiger partial charge is 0.410 e. The van der Waals surface area contributed by atoms with E-state index in [0.717, 1.165) is 5.56 Å². The third-order valence-electron chi connectivity index (χ3n) is 2.64. The first-order valence-electron chi connectivity index (χ1n) is 6.45. The Morgan fingerprint density at radius 2 is 1.75 bits per heavy atom. The van der Waals surface area contributed by atoms with Crippen molar-refractivity contribution < 1.29 is 19.4 Å². The number of likely N-dealkylation sites (N-methyl/N-ethyl adjacent to an activating group) is 1. The second-order valence-electron chi connectivity index (χ2n) is 5.65. The van der Waals surface area contributed by atoms with Crippen molar-refractivity contribution in [3.05, 3.63) is 35.4 Å². The SMILES string of the molecule is CN(CCc1ccc(C(=O)O)cc1)C(=O)OC(C)(C)C. The molecule has 0 saturated heterocycles. The number of carboxylic acid groups (broad SMARTS) is 1. The number of nitrogens with zero attached hydrogens (tertiary/aromatic N) is 1. The second-order valence-corrected chi connectivity index (χ2v) is 5.65. The molecule has 1 aromatic rings. The van der Waals surface area contributed by atoms with Crippen molar-refractivity contribution in [2.75, 3.05) is 13.6 Å². The Kier molecular flexibility index (Phi) is 5.13. The molecule has 0 unspecified atom stereocenters. The van der Waals surface area contributed by atoms with Crippen LogP contribution in [0.25, 0.3) is 0 Å². The van der Waals surface area contributed by atoms with E-state index in [-0.39, 0.29) is 11.7 Å². The Morgan fingerprint density at radius 3 is 2.20 bits per heavy atom. The van der Waals surface area contributed by atoms with Crippen LogP contribution in [0, 0.1) is 0 Å². The van der Waals surface area contributed by atoms with Crippen LogP contribution in [0.3, 0.4) is 0 Å². The predicted molar refractivity (Wildman–Crippen MR) is 76.0 cm³/mol. The van der Waals surface area contributed by atoms with E-state index in [0.29, 0.717) is 13.0 Å². The average molecular weight is 279 g/mol. The van der Waals surface area contributed by atoms with Gasteiger partial charge >= 0.3 is 12.1 Å². The molecule has 0 aromatic heterocycles. The fraction of sp³-hybridized carbons (Fsp3) is 0.467. The van der Waals surface area contributed by atoms with Crippen molar-refractivity contribution in [1.82, 2.24) is 4.90 Å². The minimum atomic E-state index is -0.942. The highest BCUT2D eigenvalue weighted by Crippen LogP contribution is 2.10. The summed E-state index contributed by atoms with van der Waals surface area (Å²) in [5.74, 6) is -0.942. The van der Waals surface area contributed by atoms with Crippen LogP contribution in [0.1, 0.15) is 36.7 Å². The van der Waals surface area contributed by atoms with E-state index in [9.17, 15) is 9.59 Å². The summed E-state index contributed by atoms with van der Waals surface area (Å²) in [6.07, 6.45) is 0.287. The zero-order valence-corrected chi connectivity index (χ0v) is 12.3. The molecule has 0 atom stereocenters. The Morgan fingerprint density at radius 1 is 1.20 bits per heavy atom. The lowest BCUT2D eigenvalue weighted by Gasteiger charge is -2.24. The number of carbonyl (C=O) groups is 2. The van der Waals surface area contributed by atoms with E-state index < -0.39 is 11.6 Å². The number of carboxylic acids is 1. The fourth-order valence-electron chi connectivity index (χ4n) is 1.54. The summed E-state index contributed by atoms with van der Waals surface area (Å²) in [6.45, 7) is 5.98. The van der Waals surface area contributed by atoms with Gasteiger partial charge in [-0.05, 0) is 44.9 Å². The third-order valence-corrected chi connectivity index (χ3v) is 2.64. The Hall–Kier alpha value is -2.04. The van der Waals surface area contributed by atoms with E-state index in [1.807, 2.05) is 20.8 Å². The van der Waals surface area contributed by atoms with Crippen molar-refractivity contribution in [3.63, 3.8) is 0 Å². The molecule has 0 aliphatic carbocycles. The van der Waals surface area contributed by atoms with Crippen molar-refractivity contribution in [3.8, 4) is 0 Å². The molecule has 1 aromatic carbocycles. The lowest BCUT2D eigenvalue weighted by molar-refractivity contribution is 0.0300. The van der Waals surface area contributed by atoms with Crippen LogP contribution >= 0.6 is 0 Å². The van der Waals surface area contributed by atoms with Crippen molar-refractivity contribution in [2.24, 2.45) is 0 Å². The largest absolute Gasteiger partial charge is 0.478 e. The van der Waals surface area contributed by atoms with Crippen molar-refractivity contribution in [1.29, 1.82) is 0 Å². The lowest BCUT2D eigenvalue weighted by atomic mass is 10.1. The van der Waals surface area contributed by atoms with Gasteiger partial charge in [0.25, 0.3) is 0 Å². The fourth-order valence-corrected chi connectivity index (χ4v) is 1.54. The number of aromatic carboxylic acids is 1. The molecule has 1 N–H and O–H groups in total. The minimum absolute atomic E-state index is 0.259. The van der Waals surface area contributed by atoms with Crippen molar-refractivity contribution in [2.45, 2.75) is 32.8 Å². The van der Waals surface area contributed by atoms with E-state index >= 15 is 0 Å². The van der Waals surface area contributed by atoms with Gasteiger partial charge in [0.1, 0.15) is 5.60 Å². The summed E-state index contributed by atoms with van der Waals surface area (Å²) in [5, 5.41) is 8.81. The zero-order valence-electron chi connectivity index (χ0n) is 12.3. The van der Waals surface area contributed by atoms with Gasteiger partial charge in [-0.15, -0.1) is 0 Å². The summed E-state index contributed by atoms with van der Waals surface area (Å²) in [6, 6.07) is 6.63. The van der Waals surface area contributed by atoms with Gasteiger partial charge < -0.3 is 14.7 Å². The molecule has 0 heterocycles. The monoisotopic (exact) mass is 279 g/mol. The van der Waals surface area contributed by atoms with E-state index in [4.69, 9.17) is 9.84 Å². The molecule has 0 bridgehead atoms. The first-order chi connectivity index (χ1) is 9.19. The van der Waals surface area contributed by atoms with Crippen LogP contribution in [0.15, 0.2) is 24.3 Å². The van der Waals surface area contributed by atoms with E-state index in [1.54, 1.807) is 31.3 Å². The number of amides is 1. The van der Waals surface area contributed by atoms with Gasteiger partial charge in [0.2, 0.25) is 0 Å². The molecule has 0 aliphatic rings. The van der Waals surface area contributed by atoms with Crippen LogP contribution in [0.2, 0.25) is 0 Å². The second kappa shape index (κ2) is 6.41. The molecule has 0 saturated carbocycles. The molecule has 0 aliphatic heterocycles. The van der Waals surface area contributed by atoms with Gasteiger partial charge in [0.15, 0.2) is 0 Å². The molecule has 0 fully saturated rings. The van der Waals surface area contributed by atoms with Gasteiger partial charge in [0, 0.05) is 13.6 Å². The minimum Gasteiger partial charge on any atom is -0.478 e. The molecule has 0 radical (unpaired) electrons. The van der Waals surface area contributed by atoms with Crippen LogP contribution in [0.5, 0.6) is 0 Å². The topological polar surface area (TPSA) is 66.8 Å². The van der Waals surface area contributed by atoms with Gasteiger partial charge in [-0.1, -0.05) is 12.1 Å². The Bertz CT molecular complexity index is 474. The average Bonchev–Trinajstić information content (AvgIpc) is 2.34. The molecule has 5 heteroatoms. The number of benzene rings is 1. The van der Waals surface area contributed by atoms with Crippen LogP contribution < -0.4 is 0 Å². The highest BCUT2D eigenvalue weighted by atomic mass is 16.6. The van der Waals surface area contributed by atoms with Crippen LogP contribution in [-0.2, 0) is 11.2 Å². The molecule has 1 amide bonds. The summed E-state index contributed by atoms with van der Waals surface area (Å²) >= 11 is 0. The van der Waals surface area contributed by atoms with E-state index in [1.165, 1.54) is 4.90 Å². The zero-order chi connectivity index (χ0) is 15.3. The number of ether oxygens (including phenoxy) is 1. The Balaban J connectivity index is 2.50. The van der Waals surface area contributed by atoms with Crippen molar-refractivity contribution >= 4 is 12.1 Å². The molecule has 1 rings (SSSR count).